The van der Waals surface area contributed by atoms with Crippen molar-refractivity contribution in [1.29, 1.82) is 0 Å². The number of hydrogen-bond acceptors (Lipinski definition) is 4. The van der Waals surface area contributed by atoms with E-state index >= 15 is 0 Å². The number of carbonyl (C=O) groups is 1. The maximum Gasteiger partial charge on any atom is 0.202 e. The summed E-state index contributed by atoms with van der Waals surface area (Å²) < 4.78 is 19.8. The van der Waals surface area contributed by atoms with Crippen LogP contribution in [0.2, 0.25) is 0 Å². The highest BCUT2D eigenvalue weighted by molar-refractivity contribution is 9.10. The molecule has 1 aromatic carbocycles. The topological polar surface area (TPSA) is 38.3 Å². The molecule has 6 heteroatoms. The van der Waals surface area contributed by atoms with Gasteiger partial charge in [-0.05, 0) is 51.2 Å². The van der Waals surface area contributed by atoms with E-state index in [0.717, 1.165) is 0 Å². The van der Waals surface area contributed by atoms with Crippen molar-refractivity contribution < 1.29 is 13.9 Å². The Hall–Kier alpha value is -1.27. The van der Waals surface area contributed by atoms with Gasteiger partial charge in [-0.25, -0.2) is 4.39 Å². The molecule has 21 heavy (non-hydrogen) atoms. The average molecular weight is 374 g/mol. The number of benzene rings is 1. The predicted octanol–water partition coefficient (Wildman–Crippen LogP) is 4.02. The summed E-state index contributed by atoms with van der Waals surface area (Å²) in [6.45, 7) is 6.36. The summed E-state index contributed by atoms with van der Waals surface area (Å²) in [5, 5.41) is 3.10. The number of hydrogen-bond donors (Lipinski definition) is 1. The lowest BCUT2D eigenvalue weighted by atomic mass is 10.0. The number of Topliss-reactive ketones (excluding diaryl/α,β-unsaturated/α-hetero) is 1. The molecule has 0 fully saturated rings. The summed E-state index contributed by atoms with van der Waals surface area (Å²) in [7, 11) is 0. The van der Waals surface area contributed by atoms with E-state index in [2.05, 4.69) is 21.2 Å². The number of rotatable bonds is 6. The summed E-state index contributed by atoms with van der Waals surface area (Å²) in [4.78, 5) is 12.6. The van der Waals surface area contributed by atoms with Crippen LogP contribution < -0.4 is 5.32 Å². The number of nitrogens with one attached hydrogen (secondary N) is 1. The molecule has 1 rings (SSSR count). The van der Waals surface area contributed by atoms with E-state index in [-0.39, 0.29) is 16.2 Å². The summed E-state index contributed by atoms with van der Waals surface area (Å²) in [5.74, 6) is -1.09. The zero-order chi connectivity index (χ0) is 16.0. The average Bonchev–Trinajstić information content (AvgIpc) is 2.39. The summed E-state index contributed by atoms with van der Waals surface area (Å²) in [5.41, 5.74) is 0.727. The number of thiocarbonyl (C=S) groups is 1. The Morgan fingerprint density at radius 1 is 1.43 bits per heavy atom. The molecule has 0 unspecified atom stereocenters. The molecule has 0 aromatic heterocycles. The van der Waals surface area contributed by atoms with Gasteiger partial charge in [0.05, 0.1) is 17.7 Å². The minimum absolute atomic E-state index is 0.0347. The Balaban J connectivity index is 3.29. The fraction of sp³-hybridized carbons (Fsp3) is 0.333. The SMILES string of the molecule is CCNC(C)=C(C(=O)c1ccc(Br)cc1F)C(=S)OCC. The van der Waals surface area contributed by atoms with Crippen molar-refractivity contribution in [2.45, 2.75) is 20.8 Å². The largest absolute Gasteiger partial charge is 0.483 e. The maximum atomic E-state index is 14.0. The van der Waals surface area contributed by atoms with E-state index in [1.54, 1.807) is 19.9 Å². The van der Waals surface area contributed by atoms with Gasteiger partial charge in [0.2, 0.25) is 5.78 Å². The van der Waals surface area contributed by atoms with E-state index in [1.165, 1.54) is 12.1 Å². The Morgan fingerprint density at radius 3 is 2.62 bits per heavy atom. The van der Waals surface area contributed by atoms with Gasteiger partial charge in [0, 0.05) is 16.7 Å². The van der Waals surface area contributed by atoms with Crippen molar-refractivity contribution in [2.24, 2.45) is 0 Å². The summed E-state index contributed by atoms with van der Waals surface area (Å²) in [6.07, 6.45) is 0. The highest BCUT2D eigenvalue weighted by Gasteiger charge is 2.23. The maximum absolute atomic E-state index is 14.0. The number of ketones is 1. The summed E-state index contributed by atoms with van der Waals surface area (Å²) in [6, 6.07) is 4.28. The molecule has 0 aliphatic heterocycles. The molecule has 0 heterocycles. The van der Waals surface area contributed by atoms with Crippen LogP contribution in [0.4, 0.5) is 4.39 Å². The van der Waals surface area contributed by atoms with Crippen LogP contribution in [0.5, 0.6) is 0 Å². The standard InChI is InChI=1S/C15H17BrFNO2S/c1-4-18-9(3)13(15(21)20-5-2)14(19)11-7-6-10(16)8-12(11)17/h6-8,18H,4-5H2,1-3H3. The van der Waals surface area contributed by atoms with Gasteiger partial charge in [-0.3, -0.25) is 4.79 Å². The Labute approximate surface area is 137 Å². The van der Waals surface area contributed by atoms with Gasteiger partial charge in [-0.1, -0.05) is 15.9 Å². The molecule has 0 saturated heterocycles. The highest BCUT2D eigenvalue weighted by atomic mass is 79.9. The van der Waals surface area contributed by atoms with Crippen molar-refractivity contribution in [3.63, 3.8) is 0 Å². The first-order chi connectivity index (χ1) is 9.92. The first kappa shape index (κ1) is 17.8. The second-order valence-corrected chi connectivity index (χ2v) is 5.49. The third kappa shape index (κ3) is 4.61. The van der Waals surface area contributed by atoms with Crippen LogP contribution in [0.1, 0.15) is 31.1 Å². The zero-order valence-electron chi connectivity index (χ0n) is 12.1. The molecule has 0 aliphatic rings. The molecule has 1 N–H and O–H groups in total. The number of allylic oxidation sites excluding steroid dienone is 1. The van der Waals surface area contributed by atoms with Gasteiger partial charge in [0.25, 0.3) is 0 Å². The normalized spacial score (nSPS) is 11.7. The van der Waals surface area contributed by atoms with E-state index in [0.29, 0.717) is 23.3 Å². The van der Waals surface area contributed by atoms with Crippen LogP contribution in [-0.4, -0.2) is 24.0 Å². The third-order valence-electron chi connectivity index (χ3n) is 2.70. The van der Waals surface area contributed by atoms with Gasteiger partial charge in [0.15, 0.2) is 5.05 Å². The predicted molar refractivity (Wildman–Crippen MR) is 89.0 cm³/mol. The van der Waals surface area contributed by atoms with Crippen LogP contribution >= 0.6 is 28.1 Å². The Kier molecular flexibility index (Phi) is 6.98. The van der Waals surface area contributed by atoms with Gasteiger partial charge in [-0.15, -0.1) is 0 Å². The molecular weight excluding hydrogens is 357 g/mol. The first-order valence-corrected chi connectivity index (χ1v) is 7.74. The smallest absolute Gasteiger partial charge is 0.202 e. The lowest BCUT2D eigenvalue weighted by Gasteiger charge is -2.14. The number of carbonyl (C=O) groups excluding carboxylic acids is 1. The second kappa shape index (κ2) is 8.24. The van der Waals surface area contributed by atoms with Crippen molar-refractivity contribution in [2.75, 3.05) is 13.2 Å². The van der Waals surface area contributed by atoms with Crippen LogP contribution in [0.15, 0.2) is 33.9 Å². The van der Waals surface area contributed by atoms with E-state index in [9.17, 15) is 9.18 Å². The number of halogens is 2. The van der Waals surface area contributed by atoms with Crippen LogP contribution in [0, 0.1) is 5.82 Å². The molecule has 1 aromatic rings. The van der Waals surface area contributed by atoms with Crippen LogP contribution in [0.3, 0.4) is 0 Å². The lowest BCUT2D eigenvalue weighted by molar-refractivity contribution is 0.103. The molecule has 0 aliphatic carbocycles. The molecule has 0 amide bonds. The van der Waals surface area contributed by atoms with Crippen molar-refractivity contribution in [3.8, 4) is 0 Å². The molecule has 0 spiro atoms. The quantitative estimate of drug-likeness (QED) is 0.464. The zero-order valence-corrected chi connectivity index (χ0v) is 14.5. The van der Waals surface area contributed by atoms with E-state index in [1.807, 2.05) is 6.92 Å². The minimum atomic E-state index is -0.601. The molecule has 0 bridgehead atoms. The number of ether oxygens (including phenoxy) is 1. The second-order valence-electron chi connectivity index (χ2n) is 4.20. The molecule has 114 valence electrons. The third-order valence-corrected chi connectivity index (χ3v) is 3.51. The molecule has 0 radical (unpaired) electrons. The molecular formula is C15H17BrFNO2S. The van der Waals surface area contributed by atoms with Crippen molar-refractivity contribution in [1.82, 2.24) is 5.32 Å². The summed E-state index contributed by atoms with van der Waals surface area (Å²) >= 11 is 8.30. The fourth-order valence-corrected chi connectivity index (χ4v) is 2.48. The Bertz CT molecular complexity index is 587. The monoisotopic (exact) mass is 373 g/mol. The first-order valence-electron chi connectivity index (χ1n) is 6.53. The van der Waals surface area contributed by atoms with Crippen LogP contribution in [0.25, 0.3) is 0 Å². The van der Waals surface area contributed by atoms with Crippen molar-refractivity contribution >= 4 is 39.0 Å². The van der Waals surface area contributed by atoms with Crippen molar-refractivity contribution in [3.05, 3.63) is 45.3 Å². The molecule has 0 saturated carbocycles. The van der Waals surface area contributed by atoms with E-state index < -0.39 is 11.6 Å². The fourth-order valence-electron chi connectivity index (χ4n) is 1.78. The van der Waals surface area contributed by atoms with E-state index in [4.69, 9.17) is 17.0 Å². The molecule has 0 atom stereocenters. The van der Waals surface area contributed by atoms with Gasteiger partial charge >= 0.3 is 0 Å². The Morgan fingerprint density at radius 2 is 2.10 bits per heavy atom. The van der Waals surface area contributed by atoms with Gasteiger partial charge in [0.1, 0.15) is 5.82 Å². The van der Waals surface area contributed by atoms with Gasteiger partial charge in [-0.2, -0.15) is 0 Å². The van der Waals surface area contributed by atoms with Gasteiger partial charge < -0.3 is 10.1 Å². The highest BCUT2D eigenvalue weighted by Crippen LogP contribution is 2.20. The molecule has 3 nitrogen and oxygen atoms in total. The lowest BCUT2D eigenvalue weighted by Crippen LogP contribution is -2.23. The minimum Gasteiger partial charge on any atom is -0.483 e. The van der Waals surface area contributed by atoms with Crippen LogP contribution in [-0.2, 0) is 4.74 Å².